The lowest BCUT2D eigenvalue weighted by molar-refractivity contribution is -0.148. The molecule has 0 heterocycles. The summed E-state index contributed by atoms with van der Waals surface area (Å²) >= 11 is 0. The quantitative estimate of drug-likeness (QED) is 0.558. The molecule has 0 bridgehead atoms. The number of aliphatic carboxylic acids is 2. The van der Waals surface area contributed by atoms with Gasteiger partial charge in [-0.15, -0.1) is 0 Å². The molecular formula is C19H38O4. The summed E-state index contributed by atoms with van der Waals surface area (Å²) in [6.45, 7) is 13.8. The zero-order valence-electron chi connectivity index (χ0n) is 16.2. The smallest absolute Gasteiger partial charge is 0.309 e. The van der Waals surface area contributed by atoms with Crippen molar-refractivity contribution < 1.29 is 19.8 Å². The first-order chi connectivity index (χ1) is 10.5. The van der Waals surface area contributed by atoms with Crippen LogP contribution >= 0.6 is 0 Å². The largest absolute Gasteiger partial charge is 0.481 e. The number of hydrogen-bond donors (Lipinski definition) is 2. The first kappa shape index (κ1) is 24.2. The molecule has 0 rings (SSSR count). The molecular weight excluding hydrogens is 292 g/mol. The van der Waals surface area contributed by atoms with E-state index in [0.717, 1.165) is 38.5 Å². The van der Waals surface area contributed by atoms with Crippen molar-refractivity contribution in [1.29, 1.82) is 0 Å². The van der Waals surface area contributed by atoms with E-state index in [-0.39, 0.29) is 5.92 Å². The molecule has 0 aromatic rings. The van der Waals surface area contributed by atoms with Crippen molar-refractivity contribution in [2.75, 3.05) is 0 Å². The summed E-state index contributed by atoms with van der Waals surface area (Å²) in [4.78, 5) is 21.2. The maximum Gasteiger partial charge on any atom is 0.309 e. The lowest BCUT2D eigenvalue weighted by atomic mass is 9.82. The molecule has 2 N–H and O–H groups in total. The maximum atomic E-state index is 10.8. The van der Waals surface area contributed by atoms with Crippen molar-refractivity contribution in [3.8, 4) is 0 Å². The number of carboxylic acid groups (broad SMARTS) is 2. The summed E-state index contributed by atoms with van der Waals surface area (Å²) in [6, 6.07) is 0. The molecule has 0 aliphatic heterocycles. The Balaban J connectivity index is 0. The first-order valence-electron chi connectivity index (χ1n) is 8.94. The van der Waals surface area contributed by atoms with Crippen molar-refractivity contribution in [2.24, 2.45) is 23.2 Å². The average Bonchev–Trinajstić information content (AvgIpc) is 2.38. The highest BCUT2D eigenvalue weighted by molar-refractivity contribution is 5.73. The molecule has 4 nitrogen and oxygen atoms in total. The number of rotatable bonds is 10. The topological polar surface area (TPSA) is 74.6 Å². The molecule has 0 aliphatic carbocycles. The van der Waals surface area contributed by atoms with Gasteiger partial charge in [0.15, 0.2) is 0 Å². The number of carboxylic acids is 2. The highest BCUT2D eigenvalue weighted by Crippen LogP contribution is 2.27. The summed E-state index contributed by atoms with van der Waals surface area (Å²) in [7, 11) is 0. The van der Waals surface area contributed by atoms with Gasteiger partial charge in [-0.2, -0.15) is 0 Å². The molecule has 0 saturated heterocycles. The Morgan fingerprint density at radius 3 is 1.70 bits per heavy atom. The van der Waals surface area contributed by atoms with Gasteiger partial charge >= 0.3 is 11.9 Å². The first-order valence-corrected chi connectivity index (χ1v) is 8.94. The Morgan fingerprint density at radius 1 is 0.913 bits per heavy atom. The Bertz CT molecular complexity index is 336. The molecule has 0 saturated carbocycles. The molecule has 3 atom stereocenters. The van der Waals surface area contributed by atoms with E-state index in [1.807, 2.05) is 0 Å². The van der Waals surface area contributed by atoms with Crippen LogP contribution in [0.5, 0.6) is 0 Å². The van der Waals surface area contributed by atoms with Crippen LogP contribution in [0, 0.1) is 23.2 Å². The fraction of sp³-hybridized carbons (Fsp3) is 0.895. The van der Waals surface area contributed by atoms with E-state index in [2.05, 4.69) is 27.7 Å². The Labute approximate surface area is 142 Å². The van der Waals surface area contributed by atoms with Crippen molar-refractivity contribution in [3.63, 3.8) is 0 Å². The van der Waals surface area contributed by atoms with E-state index in [9.17, 15) is 9.59 Å². The van der Waals surface area contributed by atoms with E-state index in [1.54, 1.807) is 20.8 Å². The van der Waals surface area contributed by atoms with Crippen LogP contribution in [-0.2, 0) is 9.59 Å². The van der Waals surface area contributed by atoms with Crippen LogP contribution in [0.25, 0.3) is 0 Å². The van der Waals surface area contributed by atoms with Gasteiger partial charge in [0.25, 0.3) is 0 Å². The monoisotopic (exact) mass is 330 g/mol. The summed E-state index contributed by atoms with van der Waals surface area (Å²) in [6.07, 6.45) is 6.12. The second kappa shape index (κ2) is 12.4. The third kappa shape index (κ3) is 13.1. The van der Waals surface area contributed by atoms with Gasteiger partial charge in [0, 0.05) is 0 Å². The van der Waals surface area contributed by atoms with E-state index in [4.69, 9.17) is 10.2 Å². The predicted octanol–water partition coefficient (Wildman–Crippen LogP) is 5.46. The molecule has 0 amide bonds. The number of carbonyl (C=O) groups is 2. The Morgan fingerprint density at radius 2 is 1.35 bits per heavy atom. The predicted molar refractivity (Wildman–Crippen MR) is 95.6 cm³/mol. The highest BCUT2D eigenvalue weighted by Gasteiger charge is 2.28. The normalized spacial score (nSPS) is 15.1. The van der Waals surface area contributed by atoms with E-state index >= 15 is 0 Å². The zero-order valence-corrected chi connectivity index (χ0v) is 16.2. The third-order valence-electron chi connectivity index (χ3n) is 4.18. The SMILES string of the molecule is CCCC(C)CC(C)(C)C(=O)O.CCCC(C)CC(C)C(=O)O. The van der Waals surface area contributed by atoms with Gasteiger partial charge in [0.05, 0.1) is 11.3 Å². The summed E-state index contributed by atoms with van der Waals surface area (Å²) in [5, 5.41) is 17.5. The van der Waals surface area contributed by atoms with Gasteiger partial charge in [0.2, 0.25) is 0 Å². The van der Waals surface area contributed by atoms with Gasteiger partial charge in [-0.05, 0) is 38.5 Å². The van der Waals surface area contributed by atoms with Crippen molar-refractivity contribution in [2.45, 2.75) is 87.0 Å². The van der Waals surface area contributed by atoms with Crippen LogP contribution in [-0.4, -0.2) is 22.2 Å². The summed E-state index contributed by atoms with van der Waals surface area (Å²) in [5.41, 5.74) is -0.561. The van der Waals surface area contributed by atoms with Crippen LogP contribution < -0.4 is 0 Å². The molecule has 0 spiro atoms. The molecule has 138 valence electrons. The Kier molecular flexibility index (Phi) is 13.0. The molecule has 0 fully saturated rings. The van der Waals surface area contributed by atoms with Crippen LogP contribution in [0.4, 0.5) is 0 Å². The van der Waals surface area contributed by atoms with E-state index in [1.165, 1.54) is 0 Å². The van der Waals surface area contributed by atoms with Crippen molar-refractivity contribution >= 4 is 11.9 Å². The Hall–Kier alpha value is -1.06. The molecule has 4 heteroatoms. The highest BCUT2D eigenvalue weighted by atomic mass is 16.4. The molecule has 0 aliphatic rings. The molecule has 0 radical (unpaired) electrons. The fourth-order valence-corrected chi connectivity index (χ4v) is 2.87. The third-order valence-corrected chi connectivity index (χ3v) is 4.18. The number of hydrogen-bond acceptors (Lipinski definition) is 2. The van der Waals surface area contributed by atoms with E-state index < -0.39 is 17.4 Å². The van der Waals surface area contributed by atoms with Crippen molar-refractivity contribution in [3.05, 3.63) is 0 Å². The molecule has 0 aromatic heterocycles. The summed E-state index contributed by atoms with van der Waals surface area (Å²) < 4.78 is 0. The van der Waals surface area contributed by atoms with Crippen LogP contribution in [0.15, 0.2) is 0 Å². The minimum absolute atomic E-state index is 0.184. The molecule has 23 heavy (non-hydrogen) atoms. The van der Waals surface area contributed by atoms with Gasteiger partial charge < -0.3 is 10.2 Å². The van der Waals surface area contributed by atoms with Crippen LogP contribution in [0.3, 0.4) is 0 Å². The van der Waals surface area contributed by atoms with Crippen LogP contribution in [0.1, 0.15) is 87.0 Å². The minimum Gasteiger partial charge on any atom is -0.481 e. The molecule has 3 unspecified atom stereocenters. The molecule has 0 aromatic carbocycles. The van der Waals surface area contributed by atoms with Gasteiger partial charge in [0.1, 0.15) is 0 Å². The van der Waals surface area contributed by atoms with Gasteiger partial charge in [-0.3, -0.25) is 9.59 Å². The zero-order chi connectivity index (χ0) is 18.6. The average molecular weight is 331 g/mol. The van der Waals surface area contributed by atoms with Crippen LogP contribution in [0.2, 0.25) is 0 Å². The second-order valence-electron chi connectivity index (χ2n) is 7.66. The summed E-state index contributed by atoms with van der Waals surface area (Å²) in [5.74, 6) is -0.484. The lowest BCUT2D eigenvalue weighted by Crippen LogP contribution is -2.25. The van der Waals surface area contributed by atoms with Gasteiger partial charge in [-0.1, -0.05) is 60.3 Å². The second-order valence-corrected chi connectivity index (χ2v) is 7.66. The lowest BCUT2D eigenvalue weighted by Gasteiger charge is -2.22. The fourth-order valence-electron chi connectivity index (χ4n) is 2.87. The minimum atomic E-state index is -0.689. The van der Waals surface area contributed by atoms with Crippen molar-refractivity contribution in [1.82, 2.24) is 0 Å². The maximum absolute atomic E-state index is 10.8. The van der Waals surface area contributed by atoms with E-state index in [0.29, 0.717) is 11.8 Å². The van der Waals surface area contributed by atoms with Gasteiger partial charge in [-0.25, -0.2) is 0 Å². The standard InChI is InChI=1S/C10H20O2.C9H18O2/c1-5-6-8(2)7-10(3,4)9(11)12;1-4-5-7(2)6-8(3)9(10)11/h8H,5-7H2,1-4H3,(H,11,12);7-8H,4-6H2,1-3H3,(H,10,11).